The Labute approximate surface area is 191 Å². The van der Waals surface area contributed by atoms with Crippen LogP contribution in [0.4, 0.5) is 8.78 Å². The molecule has 6 rings (SSSR count). The molecule has 4 aliphatic carbocycles. The zero-order valence-corrected chi connectivity index (χ0v) is 18.7. The van der Waals surface area contributed by atoms with E-state index >= 15 is 0 Å². The van der Waals surface area contributed by atoms with Crippen LogP contribution < -0.4 is 4.74 Å². The van der Waals surface area contributed by atoms with Crippen molar-refractivity contribution in [1.82, 2.24) is 0 Å². The summed E-state index contributed by atoms with van der Waals surface area (Å²) < 4.78 is 43.5. The third kappa shape index (κ3) is 4.47. The van der Waals surface area contributed by atoms with Crippen molar-refractivity contribution in [3.8, 4) is 5.75 Å². The van der Waals surface area contributed by atoms with Gasteiger partial charge in [-0.05, 0) is 61.8 Å². The molecule has 2 atom stereocenters. The maximum absolute atomic E-state index is 13.3. The van der Waals surface area contributed by atoms with Gasteiger partial charge in [0, 0.05) is 17.7 Å². The molecule has 0 amide bonds. The Hall–Kier alpha value is -2.54. The SMILES string of the molecule is CC(F)(F)C(=O)OCC12CC3CC(C1)CC(OCC(=O)Oc1cccc4ccccc14)(C3)C2. The number of hydrogen-bond donors (Lipinski definition) is 0. The van der Waals surface area contributed by atoms with Gasteiger partial charge >= 0.3 is 17.9 Å². The molecule has 2 aromatic rings. The van der Waals surface area contributed by atoms with Gasteiger partial charge in [-0.1, -0.05) is 36.4 Å². The van der Waals surface area contributed by atoms with Crippen molar-refractivity contribution in [3.63, 3.8) is 0 Å². The molecule has 7 heteroatoms. The lowest BCUT2D eigenvalue weighted by Gasteiger charge is -2.61. The van der Waals surface area contributed by atoms with Gasteiger partial charge in [0.05, 0.1) is 12.2 Å². The molecule has 176 valence electrons. The number of ether oxygens (including phenoxy) is 3. The van der Waals surface area contributed by atoms with Crippen LogP contribution in [0.1, 0.15) is 45.4 Å². The highest BCUT2D eigenvalue weighted by atomic mass is 19.3. The third-order valence-corrected chi connectivity index (χ3v) is 7.47. The summed E-state index contributed by atoms with van der Waals surface area (Å²) in [6.07, 6.45) is 5.05. The summed E-state index contributed by atoms with van der Waals surface area (Å²) in [6, 6.07) is 13.3. The number of esters is 2. The van der Waals surface area contributed by atoms with Crippen LogP contribution in [-0.2, 0) is 19.1 Å². The molecular formula is C26H28F2O5. The lowest BCUT2D eigenvalue weighted by Crippen LogP contribution is -2.58. The topological polar surface area (TPSA) is 61.8 Å². The van der Waals surface area contributed by atoms with E-state index in [-0.39, 0.29) is 18.6 Å². The van der Waals surface area contributed by atoms with Gasteiger partial charge in [0.25, 0.3) is 0 Å². The molecule has 2 unspecified atom stereocenters. The third-order valence-electron chi connectivity index (χ3n) is 7.47. The predicted molar refractivity (Wildman–Crippen MR) is 117 cm³/mol. The number of alkyl halides is 2. The fraction of sp³-hybridized carbons (Fsp3) is 0.538. The first-order valence-corrected chi connectivity index (χ1v) is 11.5. The molecule has 5 nitrogen and oxygen atoms in total. The van der Waals surface area contributed by atoms with Gasteiger partial charge in [-0.2, -0.15) is 8.78 Å². The molecule has 33 heavy (non-hydrogen) atoms. The zero-order valence-electron chi connectivity index (χ0n) is 18.7. The smallest absolute Gasteiger partial charge is 0.376 e. The predicted octanol–water partition coefficient (Wildman–Crippen LogP) is 5.30. The molecule has 0 spiro atoms. The lowest BCUT2D eigenvalue weighted by atomic mass is 9.48. The number of halogens is 2. The molecule has 4 bridgehead atoms. The Morgan fingerprint density at radius 1 is 1.03 bits per heavy atom. The number of rotatable bonds is 7. The van der Waals surface area contributed by atoms with Crippen molar-refractivity contribution in [3.05, 3.63) is 42.5 Å². The molecule has 0 heterocycles. The minimum atomic E-state index is -3.50. The van der Waals surface area contributed by atoms with E-state index in [4.69, 9.17) is 14.2 Å². The van der Waals surface area contributed by atoms with E-state index in [9.17, 15) is 18.4 Å². The molecule has 4 aliphatic rings. The highest BCUT2D eigenvalue weighted by Crippen LogP contribution is 2.62. The zero-order chi connectivity index (χ0) is 23.3. The minimum absolute atomic E-state index is 0.0200. The van der Waals surface area contributed by atoms with E-state index in [2.05, 4.69) is 0 Å². The van der Waals surface area contributed by atoms with E-state index in [1.54, 1.807) is 6.07 Å². The van der Waals surface area contributed by atoms with Crippen LogP contribution in [0.5, 0.6) is 5.75 Å². The molecule has 0 aromatic heterocycles. The number of hydrogen-bond acceptors (Lipinski definition) is 5. The van der Waals surface area contributed by atoms with E-state index in [1.807, 2.05) is 36.4 Å². The Morgan fingerprint density at radius 3 is 2.45 bits per heavy atom. The first-order valence-electron chi connectivity index (χ1n) is 11.5. The first-order chi connectivity index (χ1) is 15.7. The highest BCUT2D eigenvalue weighted by Gasteiger charge is 2.59. The summed E-state index contributed by atoms with van der Waals surface area (Å²) in [5.41, 5.74) is -0.854. The molecule has 2 aromatic carbocycles. The van der Waals surface area contributed by atoms with Gasteiger partial charge in [0.1, 0.15) is 12.4 Å². The maximum atomic E-state index is 13.3. The molecule has 0 aliphatic heterocycles. The largest absolute Gasteiger partial charge is 0.461 e. The second kappa shape index (κ2) is 8.05. The minimum Gasteiger partial charge on any atom is -0.461 e. The summed E-state index contributed by atoms with van der Waals surface area (Å²) in [5.74, 6) is -4.17. The Balaban J connectivity index is 1.25. The number of carbonyl (C=O) groups excluding carboxylic acids is 2. The van der Waals surface area contributed by atoms with Gasteiger partial charge in [0.15, 0.2) is 0 Å². The Morgan fingerprint density at radius 2 is 1.73 bits per heavy atom. The average molecular weight is 459 g/mol. The van der Waals surface area contributed by atoms with Gasteiger partial charge in [-0.3, -0.25) is 0 Å². The second-order valence-corrected chi connectivity index (χ2v) is 10.3. The standard InChI is InChI=1S/C26H28F2O5/c1-24(27,28)23(30)31-16-25-10-17-9-18(11-25)13-26(12-17,15-25)32-14-22(29)33-21-8-4-6-19-5-2-3-7-20(19)21/h2-8,17-18H,9-16H2,1H3. The molecule has 4 fully saturated rings. The van der Waals surface area contributed by atoms with Crippen molar-refractivity contribution < 1.29 is 32.6 Å². The normalized spacial score (nSPS) is 30.4. The fourth-order valence-electron chi connectivity index (χ4n) is 6.70. The number of benzene rings is 2. The molecule has 0 saturated heterocycles. The van der Waals surface area contributed by atoms with E-state index in [1.165, 1.54) is 0 Å². The lowest BCUT2D eigenvalue weighted by molar-refractivity contribution is -0.214. The highest BCUT2D eigenvalue weighted by molar-refractivity contribution is 5.90. The van der Waals surface area contributed by atoms with E-state index < -0.39 is 23.5 Å². The molecule has 4 saturated carbocycles. The van der Waals surface area contributed by atoms with Crippen LogP contribution in [0, 0.1) is 17.3 Å². The van der Waals surface area contributed by atoms with Crippen molar-refractivity contribution in [2.45, 2.75) is 57.0 Å². The monoisotopic (exact) mass is 458 g/mol. The van der Waals surface area contributed by atoms with Crippen LogP contribution in [-0.4, -0.2) is 36.7 Å². The fourth-order valence-corrected chi connectivity index (χ4v) is 6.70. The van der Waals surface area contributed by atoms with Gasteiger partial charge in [-0.15, -0.1) is 0 Å². The van der Waals surface area contributed by atoms with E-state index in [0.717, 1.165) is 42.9 Å². The van der Waals surface area contributed by atoms with Crippen molar-refractivity contribution in [2.24, 2.45) is 17.3 Å². The first kappa shape index (κ1) is 22.3. The van der Waals surface area contributed by atoms with Crippen LogP contribution in [0.3, 0.4) is 0 Å². The number of fused-ring (bicyclic) bond motifs is 1. The summed E-state index contributed by atoms with van der Waals surface area (Å²) >= 11 is 0. The van der Waals surface area contributed by atoms with Gasteiger partial charge in [-0.25, -0.2) is 9.59 Å². The van der Waals surface area contributed by atoms with Crippen LogP contribution >= 0.6 is 0 Å². The van der Waals surface area contributed by atoms with Crippen molar-refractivity contribution in [1.29, 1.82) is 0 Å². The van der Waals surface area contributed by atoms with Crippen LogP contribution in [0.15, 0.2) is 42.5 Å². The van der Waals surface area contributed by atoms with Crippen molar-refractivity contribution in [2.75, 3.05) is 13.2 Å². The number of carbonyl (C=O) groups is 2. The Kier molecular flexibility index (Phi) is 5.43. The molecular weight excluding hydrogens is 430 g/mol. The molecule has 0 N–H and O–H groups in total. The average Bonchev–Trinajstić information content (AvgIpc) is 2.75. The van der Waals surface area contributed by atoms with Crippen LogP contribution in [0.2, 0.25) is 0 Å². The second-order valence-electron chi connectivity index (χ2n) is 10.3. The van der Waals surface area contributed by atoms with Crippen LogP contribution in [0.25, 0.3) is 10.8 Å². The summed E-state index contributed by atoms with van der Waals surface area (Å²) in [6.45, 7) is 0.362. The van der Waals surface area contributed by atoms with Gasteiger partial charge in [0.2, 0.25) is 0 Å². The van der Waals surface area contributed by atoms with E-state index in [0.29, 0.717) is 30.9 Å². The maximum Gasteiger partial charge on any atom is 0.376 e. The summed E-state index contributed by atoms with van der Waals surface area (Å²) in [5, 5.41) is 1.84. The Bertz CT molecular complexity index is 1060. The summed E-state index contributed by atoms with van der Waals surface area (Å²) in [7, 11) is 0. The quantitative estimate of drug-likeness (QED) is 0.416. The molecule has 0 radical (unpaired) electrons. The summed E-state index contributed by atoms with van der Waals surface area (Å²) in [4.78, 5) is 24.3. The van der Waals surface area contributed by atoms with Gasteiger partial charge < -0.3 is 14.2 Å². The van der Waals surface area contributed by atoms with Crippen molar-refractivity contribution >= 4 is 22.7 Å².